The molecule has 1 amide bonds. The number of nitrogens with zero attached hydrogens (tertiary/aromatic N) is 4. The molecule has 0 aliphatic carbocycles. The summed E-state index contributed by atoms with van der Waals surface area (Å²) in [6.45, 7) is 3.72. The van der Waals surface area contributed by atoms with Crippen LogP contribution in [0.15, 0.2) is 42.7 Å². The Morgan fingerprint density at radius 1 is 1.15 bits per heavy atom. The van der Waals surface area contributed by atoms with Gasteiger partial charge in [-0.25, -0.2) is 13.1 Å². The number of sulfone groups is 1. The Bertz CT molecular complexity index is 925. The van der Waals surface area contributed by atoms with Gasteiger partial charge >= 0.3 is 0 Å². The molecule has 3 heterocycles. The number of rotatable bonds is 4. The van der Waals surface area contributed by atoms with E-state index in [-0.39, 0.29) is 29.5 Å². The molecule has 0 bridgehead atoms. The zero-order valence-corrected chi connectivity index (χ0v) is 16.2. The smallest absolute Gasteiger partial charge is 0.222 e. The van der Waals surface area contributed by atoms with Crippen LogP contribution in [0.2, 0.25) is 0 Å². The first-order valence-corrected chi connectivity index (χ1v) is 11.1. The minimum Gasteiger partial charge on any atom is -0.336 e. The summed E-state index contributed by atoms with van der Waals surface area (Å²) in [5.41, 5.74) is 2.03. The van der Waals surface area contributed by atoms with Crippen LogP contribution < -0.4 is 0 Å². The third-order valence-corrected chi connectivity index (χ3v) is 7.16. The van der Waals surface area contributed by atoms with E-state index in [1.54, 1.807) is 4.90 Å². The molecule has 2 aliphatic heterocycles. The number of para-hydroxylation sites is 1. The van der Waals surface area contributed by atoms with Gasteiger partial charge in [0.15, 0.2) is 9.84 Å². The third-order valence-electron chi connectivity index (χ3n) is 5.46. The summed E-state index contributed by atoms with van der Waals surface area (Å²) in [4.78, 5) is 16.2. The summed E-state index contributed by atoms with van der Waals surface area (Å²) in [6, 6.07) is 9.51. The molecule has 27 heavy (non-hydrogen) atoms. The maximum absolute atomic E-state index is 12.3. The molecule has 2 aliphatic rings. The lowest BCUT2D eigenvalue weighted by molar-refractivity contribution is -0.136. The van der Waals surface area contributed by atoms with E-state index in [0.717, 1.165) is 11.3 Å². The van der Waals surface area contributed by atoms with Crippen LogP contribution in [0.25, 0.3) is 5.69 Å². The van der Waals surface area contributed by atoms with Crippen LogP contribution in [0, 0.1) is 0 Å². The number of piperazine rings is 1. The van der Waals surface area contributed by atoms with E-state index < -0.39 is 9.84 Å². The van der Waals surface area contributed by atoms with Gasteiger partial charge in [-0.3, -0.25) is 9.69 Å². The average Bonchev–Trinajstić information content (AvgIpc) is 3.25. The van der Waals surface area contributed by atoms with Crippen LogP contribution in [0.4, 0.5) is 0 Å². The molecule has 2 atom stereocenters. The molecule has 2 aromatic rings. The van der Waals surface area contributed by atoms with Gasteiger partial charge < -0.3 is 4.90 Å². The van der Waals surface area contributed by atoms with E-state index in [4.69, 9.17) is 0 Å². The first-order chi connectivity index (χ1) is 13.0. The predicted octanol–water partition coefficient (Wildman–Crippen LogP) is 1.09. The Morgan fingerprint density at radius 3 is 2.63 bits per heavy atom. The fourth-order valence-corrected chi connectivity index (χ4v) is 6.14. The fourth-order valence-electron chi connectivity index (χ4n) is 4.13. The monoisotopic (exact) mass is 388 g/mol. The highest BCUT2D eigenvalue weighted by Gasteiger charge is 2.47. The Labute approximate surface area is 159 Å². The van der Waals surface area contributed by atoms with Crippen molar-refractivity contribution in [1.29, 1.82) is 0 Å². The minimum absolute atomic E-state index is 0.0404. The molecular weight excluding hydrogens is 364 g/mol. The van der Waals surface area contributed by atoms with E-state index in [1.807, 2.05) is 54.3 Å². The number of carbonyl (C=O) groups excluding carboxylic acids is 1. The Hall–Kier alpha value is -2.19. The molecule has 2 fully saturated rings. The van der Waals surface area contributed by atoms with Crippen molar-refractivity contribution >= 4 is 15.7 Å². The number of carbonyl (C=O) groups is 1. The van der Waals surface area contributed by atoms with Gasteiger partial charge in [-0.05, 0) is 12.1 Å². The lowest BCUT2D eigenvalue weighted by atomic mass is 10.0. The second-order valence-corrected chi connectivity index (χ2v) is 9.41. The summed E-state index contributed by atoms with van der Waals surface area (Å²) >= 11 is 0. The zero-order valence-electron chi connectivity index (χ0n) is 15.4. The quantitative estimate of drug-likeness (QED) is 0.784. The number of amides is 1. The van der Waals surface area contributed by atoms with Gasteiger partial charge in [-0.2, -0.15) is 5.10 Å². The number of hydrogen-bond acceptors (Lipinski definition) is 5. The second-order valence-electron chi connectivity index (χ2n) is 7.25. The maximum Gasteiger partial charge on any atom is 0.222 e. The molecule has 7 nitrogen and oxygen atoms in total. The van der Waals surface area contributed by atoms with E-state index >= 15 is 0 Å². The molecule has 2 saturated heterocycles. The highest BCUT2D eigenvalue weighted by molar-refractivity contribution is 7.91. The molecule has 0 spiro atoms. The largest absolute Gasteiger partial charge is 0.336 e. The van der Waals surface area contributed by atoms with Crippen LogP contribution in [-0.2, 0) is 21.2 Å². The number of hydrogen-bond donors (Lipinski definition) is 0. The first kappa shape index (κ1) is 18.2. The zero-order chi connectivity index (χ0) is 19.0. The average molecular weight is 388 g/mol. The summed E-state index contributed by atoms with van der Waals surface area (Å²) < 4.78 is 26.3. The van der Waals surface area contributed by atoms with Crippen molar-refractivity contribution in [3.63, 3.8) is 0 Å². The van der Waals surface area contributed by atoms with Crippen LogP contribution >= 0.6 is 0 Å². The predicted molar refractivity (Wildman–Crippen MR) is 102 cm³/mol. The highest BCUT2D eigenvalue weighted by Crippen LogP contribution is 2.28. The van der Waals surface area contributed by atoms with Gasteiger partial charge in [-0.1, -0.05) is 25.1 Å². The lowest BCUT2D eigenvalue weighted by Gasteiger charge is -2.43. The Kier molecular flexibility index (Phi) is 4.77. The summed E-state index contributed by atoms with van der Waals surface area (Å²) in [6.07, 6.45) is 4.22. The van der Waals surface area contributed by atoms with Crippen molar-refractivity contribution in [1.82, 2.24) is 19.6 Å². The SMILES string of the molecule is CCC(=O)N1CCN(Cc2cnn(-c3ccccc3)c2)[C@@H]2CS(=O)(=O)C[C@@H]21. The topological polar surface area (TPSA) is 75.5 Å². The van der Waals surface area contributed by atoms with Crippen LogP contribution in [-0.4, -0.2) is 70.6 Å². The van der Waals surface area contributed by atoms with Crippen LogP contribution in [0.1, 0.15) is 18.9 Å². The molecule has 1 aromatic heterocycles. The molecule has 0 saturated carbocycles. The highest BCUT2D eigenvalue weighted by atomic mass is 32.2. The van der Waals surface area contributed by atoms with Crippen molar-refractivity contribution in [3.8, 4) is 5.69 Å². The molecule has 0 N–H and O–H groups in total. The van der Waals surface area contributed by atoms with Gasteiger partial charge in [0.05, 0.1) is 29.4 Å². The molecule has 1 aromatic carbocycles. The van der Waals surface area contributed by atoms with Gasteiger partial charge in [-0.15, -0.1) is 0 Å². The standard InChI is InChI=1S/C19H24N4O3S/c1-2-19(24)22-9-8-21(17-13-27(25,26)14-18(17)22)11-15-10-20-23(12-15)16-6-4-3-5-7-16/h3-7,10,12,17-18H,2,8-9,11,13-14H2,1H3/t17-,18+/m1/s1. The molecule has 0 radical (unpaired) electrons. The fraction of sp³-hybridized carbons (Fsp3) is 0.474. The minimum atomic E-state index is -3.12. The van der Waals surface area contributed by atoms with E-state index in [0.29, 0.717) is 26.1 Å². The lowest BCUT2D eigenvalue weighted by Crippen LogP contribution is -2.60. The van der Waals surface area contributed by atoms with Crippen LogP contribution in [0.3, 0.4) is 0 Å². The van der Waals surface area contributed by atoms with Crippen molar-refractivity contribution in [2.24, 2.45) is 0 Å². The molecule has 0 unspecified atom stereocenters. The van der Waals surface area contributed by atoms with E-state index in [2.05, 4.69) is 10.00 Å². The normalized spacial score (nSPS) is 24.7. The molecular formula is C19H24N4O3S. The molecule has 4 rings (SSSR count). The Balaban J connectivity index is 1.53. The summed E-state index contributed by atoms with van der Waals surface area (Å²) in [7, 11) is -3.12. The molecule has 144 valence electrons. The summed E-state index contributed by atoms with van der Waals surface area (Å²) in [5, 5.41) is 4.43. The van der Waals surface area contributed by atoms with Crippen LogP contribution in [0.5, 0.6) is 0 Å². The van der Waals surface area contributed by atoms with Crippen molar-refractivity contribution in [2.75, 3.05) is 24.6 Å². The summed E-state index contributed by atoms with van der Waals surface area (Å²) in [5.74, 6) is 0.236. The Morgan fingerprint density at radius 2 is 1.89 bits per heavy atom. The van der Waals surface area contributed by atoms with Gasteiger partial charge in [0.2, 0.25) is 5.91 Å². The molecule has 8 heteroatoms. The number of aromatic nitrogens is 2. The van der Waals surface area contributed by atoms with Crippen molar-refractivity contribution in [3.05, 3.63) is 48.3 Å². The van der Waals surface area contributed by atoms with E-state index in [9.17, 15) is 13.2 Å². The van der Waals surface area contributed by atoms with Crippen molar-refractivity contribution in [2.45, 2.75) is 32.0 Å². The third kappa shape index (κ3) is 3.64. The maximum atomic E-state index is 12.3. The van der Waals surface area contributed by atoms with E-state index in [1.165, 1.54) is 0 Å². The van der Waals surface area contributed by atoms with Crippen molar-refractivity contribution < 1.29 is 13.2 Å². The van der Waals surface area contributed by atoms with Gasteiger partial charge in [0, 0.05) is 43.9 Å². The first-order valence-electron chi connectivity index (χ1n) is 9.30. The number of benzene rings is 1. The van der Waals surface area contributed by atoms with Gasteiger partial charge in [0.25, 0.3) is 0 Å². The number of fused-ring (bicyclic) bond motifs is 1. The second kappa shape index (κ2) is 7.09. The van der Waals surface area contributed by atoms with Gasteiger partial charge in [0.1, 0.15) is 0 Å².